The van der Waals surface area contributed by atoms with Crippen LogP contribution in [0.3, 0.4) is 0 Å². The van der Waals surface area contributed by atoms with Crippen molar-refractivity contribution in [3.8, 4) is 0 Å². The average molecular weight is 323 g/mol. The maximum absolute atomic E-state index is 11.8. The lowest BCUT2D eigenvalue weighted by atomic mass is 10.2. The molecule has 0 bridgehead atoms. The zero-order chi connectivity index (χ0) is 16.4. The van der Waals surface area contributed by atoms with Crippen LogP contribution in [0.15, 0.2) is 0 Å². The number of rotatable bonds is 8. The molecule has 0 N–H and O–H groups in total. The van der Waals surface area contributed by atoms with Gasteiger partial charge in [0.25, 0.3) is 0 Å². The summed E-state index contributed by atoms with van der Waals surface area (Å²) >= 11 is 5.39. The first kappa shape index (κ1) is 19.5. The van der Waals surface area contributed by atoms with Crippen molar-refractivity contribution in [2.75, 3.05) is 46.3 Å². The Labute approximate surface area is 130 Å². The van der Waals surface area contributed by atoms with Crippen LogP contribution in [0.5, 0.6) is 0 Å². The van der Waals surface area contributed by atoms with E-state index in [1.807, 2.05) is 13.8 Å². The van der Waals surface area contributed by atoms with Crippen LogP contribution < -0.4 is 0 Å². The van der Waals surface area contributed by atoms with E-state index in [1.54, 1.807) is 0 Å². The predicted molar refractivity (Wildman–Crippen MR) is 78.1 cm³/mol. The largest absolute Gasteiger partial charge is 0.464 e. The number of esters is 1. The van der Waals surface area contributed by atoms with Crippen molar-refractivity contribution in [3.63, 3.8) is 0 Å². The summed E-state index contributed by atoms with van der Waals surface area (Å²) in [5.74, 6) is -0.443. The smallest absolute Gasteiger partial charge is 0.410 e. The second-order valence-corrected chi connectivity index (χ2v) is 5.36. The number of hydrogen-bond donors (Lipinski definition) is 0. The van der Waals surface area contributed by atoms with Crippen LogP contribution in [-0.2, 0) is 19.1 Å². The minimum absolute atomic E-state index is 0.0796. The molecular formula is C13H23ClN2O5. The molecule has 0 spiro atoms. The van der Waals surface area contributed by atoms with Crippen molar-refractivity contribution < 1.29 is 23.9 Å². The van der Waals surface area contributed by atoms with E-state index in [1.165, 1.54) is 19.0 Å². The fourth-order valence-corrected chi connectivity index (χ4v) is 1.29. The lowest BCUT2D eigenvalue weighted by Crippen LogP contribution is -2.42. The summed E-state index contributed by atoms with van der Waals surface area (Å²) < 4.78 is 9.75. The molecule has 0 fully saturated rings. The van der Waals surface area contributed by atoms with E-state index in [-0.39, 0.29) is 37.4 Å². The van der Waals surface area contributed by atoms with Gasteiger partial charge in [-0.25, -0.2) is 4.79 Å². The summed E-state index contributed by atoms with van der Waals surface area (Å²) in [7, 11) is 2.90. The molecule has 2 amide bonds. The van der Waals surface area contributed by atoms with Crippen LogP contribution in [0.1, 0.15) is 13.8 Å². The Hall–Kier alpha value is -1.50. The first-order chi connectivity index (χ1) is 9.77. The number of carbonyl (C=O) groups is 3. The van der Waals surface area contributed by atoms with Crippen molar-refractivity contribution >= 4 is 29.6 Å². The van der Waals surface area contributed by atoms with Gasteiger partial charge in [0.2, 0.25) is 5.91 Å². The topological polar surface area (TPSA) is 76.2 Å². The maximum atomic E-state index is 11.8. The lowest BCUT2D eigenvalue weighted by molar-refractivity contribution is -0.149. The van der Waals surface area contributed by atoms with Gasteiger partial charge in [0.15, 0.2) is 0 Å². The van der Waals surface area contributed by atoms with Gasteiger partial charge in [-0.2, -0.15) is 0 Å². The SMILES string of the molecule is CC(C)COC(=O)CN(C)C(=O)CN(C)C(=O)OCCCl. The fraction of sp³-hybridized carbons (Fsp3) is 0.769. The van der Waals surface area contributed by atoms with Crippen molar-refractivity contribution in [1.29, 1.82) is 0 Å². The highest BCUT2D eigenvalue weighted by atomic mass is 35.5. The highest BCUT2D eigenvalue weighted by Gasteiger charge is 2.19. The number of nitrogens with zero attached hydrogens (tertiary/aromatic N) is 2. The number of carbonyl (C=O) groups excluding carboxylic acids is 3. The first-order valence-electron chi connectivity index (χ1n) is 6.61. The molecule has 0 aromatic carbocycles. The molecule has 0 aromatic heterocycles. The number of hydrogen-bond acceptors (Lipinski definition) is 5. The second-order valence-electron chi connectivity index (χ2n) is 4.99. The lowest BCUT2D eigenvalue weighted by Gasteiger charge is -2.21. The van der Waals surface area contributed by atoms with Crippen LogP contribution in [-0.4, -0.2) is 74.0 Å². The molecule has 0 rings (SSSR count). The van der Waals surface area contributed by atoms with E-state index >= 15 is 0 Å². The molecule has 0 atom stereocenters. The Bertz CT molecular complexity index is 362. The Morgan fingerprint density at radius 1 is 1.05 bits per heavy atom. The quantitative estimate of drug-likeness (QED) is 0.491. The van der Waals surface area contributed by atoms with Crippen LogP contribution >= 0.6 is 11.6 Å². The summed E-state index contributed by atoms with van der Waals surface area (Å²) in [5.41, 5.74) is 0. The summed E-state index contributed by atoms with van der Waals surface area (Å²) in [4.78, 5) is 37.1. The fourth-order valence-electron chi connectivity index (χ4n) is 1.21. The molecule has 0 aliphatic rings. The Morgan fingerprint density at radius 2 is 1.67 bits per heavy atom. The van der Waals surface area contributed by atoms with Crippen LogP contribution in [0.25, 0.3) is 0 Å². The van der Waals surface area contributed by atoms with Crippen molar-refractivity contribution in [3.05, 3.63) is 0 Å². The number of amides is 2. The first-order valence-corrected chi connectivity index (χ1v) is 7.14. The maximum Gasteiger partial charge on any atom is 0.410 e. The highest BCUT2D eigenvalue weighted by Crippen LogP contribution is 1.97. The molecule has 0 aliphatic carbocycles. The van der Waals surface area contributed by atoms with Gasteiger partial charge in [-0.3, -0.25) is 9.59 Å². The summed E-state index contributed by atoms with van der Waals surface area (Å²) in [5, 5.41) is 0. The van der Waals surface area contributed by atoms with E-state index < -0.39 is 12.1 Å². The average Bonchev–Trinajstić information content (AvgIpc) is 2.42. The molecule has 0 unspecified atom stereocenters. The molecule has 0 heterocycles. The summed E-state index contributed by atoms with van der Waals surface area (Å²) in [6.45, 7) is 3.89. The molecule has 0 saturated carbocycles. The molecule has 21 heavy (non-hydrogen) atoms. The van der Waals surface area contributed by atoms with Crippen LogP contribution in [0.4, 0.5) is 4.79 Å². The van der Waals surface area contributed by atoms with Gasteiger partial charge in [-0.1, -0.05) is 13.8 Å². The van der Waals surface area contributed by atoms with E-state index in [2.05, 4.69) is 0 Å². The monoisotopic (exact) mass is 322 g/mol. The van der Waals surface area contributed by atoms with Gasteiger partial charge < -0.3 is 19.3 Å². The molecule has 7 nitrogen and oxygen atoms in total. The number of alkyl halides is 1. The number of ether oxygens (including phenoxy) is 2. The second kappa shape index (κ2) is 10.3. The Balaban J connectivity index is 4.14. The van der Waals surface area contributed by atoms with E-state index in [0.29, 0.717) is 6.61 Å². The van der Waals surface area contributed by atoms with Crippen molar-refractivity contribution in [2.45, 2.75) is 13.8 Å². The third kappa shape index (κ3) is 9.12. The van der Waals surface area contributed by atoms with Gasteiger partial charge in [0, 0.05) is 14.1 Å². The van der Waals surface area contributed by atoms with Gasteiger partial charge in [-0.15, -0.1) is 11.6 Å². The van der Waals surface area contributed by atoms with Crippen LogP contribution in [0, 0.1) is 5.92 Å². The number of likely N-dealkylation sites (N-methyl/N-ethyl adjacent to an activating group) is 2. The zero-order valence-electron chi connectivity index (χ0n) is 12.9. The van der Waals surface area contributed by atoms with Crippen molar-refractivity contribution in [2.24, 2.45) is 5.92 Å². The van der Waals surface area contributed by atoms with Crippen molar-refractivity contribution in [1.82, 2.24) is 9.80 Å². The molecule has 0 aromatic rings. The Morgan fingerprint density at radius 3 is 2.19 bits per heavy atom. The van der Waals surface area contributed by atoms with Gasteiger partial charge >= 0.3 is 12.1 Å². The van der Waals surface area contributed by atoms with Gasteiger partial charge in [0.05, 0.1) is 12.5 Å². The molecular weight excluding hydrogens is 300 g/mol. The van der Waals surface area contributed by atoms with E-state index in [0.717, 1.165) is 4.90 Å². The number of halogens is 1. The molecule has 122 valence electrons. The standard InChI is InChI=1S/C13H23ClN2O5/c1-10(2)9-21-12(18)8-15(3)11(17)7-16(4)13(19)20-6-5-14/h10H,5-9H2,1-4H3. The predicted octanol–water partition coefficient (Wildman–Crippen LogP) is 0.951. The third-order valence-corrected chi connectivity index (χ3v) is 2.51. The summed E-state index contributed by atoms with van der Waals surface area (Å²) in [6, 6.07) is 0. The van der Waals surface area contributed by atoms with E-state index in [9.17, 15) is 14.4 Å². The molecule has 0 aliphatic heterocycles. The molecule has 8 heteroatoms. The molecule has 0 saturated heterocycles. The van der Waals surface area contributed by atoms with Gasteiger partial charge in [-0.05, 0) is 5.92 Å². The highest BCUT2D eigenvalue weighted by molar-refractivity contribution is 6.18. The zero-order valence-corrected chi connectivity index (χ0v) is 13.7. The normalized spacial score (nSPS) is 10.2. The van der Waals surface area contributed by atoms with Crippen LogP contribution in [0.2, 0.25) is 0 Å². The molecule has 0 radical (unpaired) electrons. The minimum Gasteiger partial charge on any atom is -0.464 e. The van der Waals surface area contributed by atoms with E-state index in [4.69, 9.17) is 21.1 Å². The summed E-state index contributed by atoms with van der Waals surface area (Å²) in [6.07, 6.45) is -0.639. The minimum atomic E-state index is -0.639. The Kier molecular flexibility index (Phi) is 9.53. The van der Waals surface area contributed by atoms with Gasteiger partial charge in [0.1, 0.15) is 19.7 Å². The third-order valence-electron chi connectivity index (χ3n) is 2.36.